The van der Waals surface area contributed by atoms with Gasteiger partial charge >= 0.3 is 5.97 Å². The van der Waals surface area contributed by atoms with Gasteiger partial charge in [-0.05, 0) is 36.0 Å². The van der Waals surface area contributed by atoms with Crippen LogP contribution in [0, 0.1) is 5.92 Å². The van der Waals surface area contributed by atoms with Crippen LogP contribution in [0.5, 0.6) is 0 Å². The molecule has 0 spiro atoms. The summed E-state index contributed by atoms with van der Waals surface area (Å²) in [5, 5.41) is 25.3. The number of primary amides is 2. The van der Waals surface area contributed by atoms with Gasteiger partial charge in [0.2, 0.25) is 47.3 Å². The van der Waals surface area contributed by atoms with Crippen molar-refractivity contribution in [3.63, 3.8) is 0 Å². The third-order valence-corrected chi connectivity index (χ3v) is 10.3. The molecule has 1 heterocycles. The van der Waals surface area contributed by atoms with Crippen LogP contribution in [0.4, 0.5) is 0 Å². The van der Waals surface area contributed by atoms with E-state index in [9.17, 15) is 43.2 Å². The summed E-state index contributed by atoms with van der Waals surface area (Å²) in [6.07, 6.45) is 0.676. The van der Waals surface area contributed by atoms with Crippen LogP contribution in [-0.4, -0.2) is 105 Å². The van der Waals surface area contributed by atoms with E-state index < -0.39 is 102 Å². The van der Waals surface area contributed by atoms with Gasteiger partial charge in [-0.15, -0.1) is 0 Å². The predicted octanol–water partition coefficient (Wildman–Crippen LogP) is -0.527. The Kier molecular flexibility index (Phi) is 19.2. The molecular weight excluding hydrogens is 811 g/mol. The topological polar surface area (TPSA) is 314 Å². The Labute approximate surface area is 358 Å². The van der Waals surface area contributed by atoms with Gasteiger partial charge in [0, 0.05) is 55.5 Å². The lowest BCUT2D eigenvalue weighted by Crippen LogP contribution is -2.61. The smallest absolute Gasteiger partial charge is 0.303 e. The van der Waals surface area contributed by atoms with E-state index in [4.69, 9.17) is 16.6 Å². The number of aromatic amines is 1. The molecule has 0 aliphatic carbocycles. The van der Waals surface area contributed by atoms with Gasteiger partial charge in [-0.2, -0.15) is 12.6 Å². The third kappa shape index (κ3) is 15.6. The number of amides is 8. The van der Waals surface area contributed by atoms with Crippen molar-refractivity contribution >= 4 is 76.8 Å². The van der Waals surface area contributed by atoms with Crippen molar-refractivity contribution in [3.8, 4) is 0 Å². The molecule has 0 saturated heterocycles. The molecule has 3 aromatic rings. The second-order valence-electron chi connectivity index (χ2n) is 14.6. The number of nitrogens with two attached hydrogens (primary N) is 2. The fourth-order valence-electron chi connectivity index (χ4n) is 6.37. The highest BCUT2D eigenvalue weighted by Crippen LogP contribution is 2.20. The maximum Gasteiger partial charge on any atom is 0.303 e. The highest BCUT2D eigenvalue weighted by atomic mass is 32.1. The molecule has 0 aliphatic heterocycles. The summed E-state index contributed by atoms with van der Waals surface area (Å²) in [7, 11) is 0. The van der Waals surface area contributed by atoms with Crippen LogP contribution >= 0.6 is 12.6 Å². The van der Waals surface area contributed by atoms with E-state index in [1.165, 1.54) is 6.92 Å². The molecule has 0 radical (unpaired) electrons. The zero-order chi connectivity index (χ0) is 45.2. The van der Waals surface area contributed by atoms with E-state index >= 15 is 0 Å². The number of aliphatic carboxylic acids is 1. The van der Waals surface area contributed by atoms with Gasteiger partial charge in [0.15, 0.2) is 0 Å². The van der Waals surface area contributed by atoms with Gasteiger partial charge in [0.1, 0.15) is 36.3 Å². The number of carboxylic acid groups (broad SMARTS) is 1. The van der Waals surface area contributed by atoms with Crippen molar-refractivity contribution < 1.29 is 48.3 Å². The number of hydrogen-bond donors (Lipinski definition) is 11. The number of hydrogen-bond acceptors (Lipinski definition) is 10. The van der Waals surface area contributed by atoms with Crippen LogP contribution < -0.4 is 43.4 Å². The molecule has 0 aliphatic rings. The number of carbonyl (C=O) groups is 9. The average Bonchev–Trinajstić information content (AvgIpc) is 3.63. The van der Waals surface area contributed by atoms with E-state index in [-0.39, 0.29) is 37.9 Å². The Balaban J connectivity index is 1.91. The summed E-state index contributed by atoms with van der Waals surface area (Å²) in [5.74, 6) is -8.36. The maximum atomic E-state index is 14.2. The normalized spacial score (nSPS) is 14.4. The fraction of sp³-hybridized carbons (Fsp3) is 0.439. The Morgan fingerprint density at radius 1 is 0.672 bits per heavy atom. The fourth-order valence-corrected chi connectivity index (χ4v) is 6.63. The van der Waals surface area contributed by atoms with Crippen LogP contribution in [0.1, 0.15) is 64.0 Å². The number of para-hydroxylation sites is 1. The standard InChI is InChI=1S/C41H55N9O10S/c1-4-22(2)35(50-37(56)29(14-16-33(42)52)47-38(57)30(45-23(3)51)18-24-10-6-5-7-11-24)41(60)48-31(19-25-20-44-27-13-9-8-12-26(25)27)39(58)49-32(21-61)40(59)46-28(36(43)55)15-17-34(53)54/h5-13,20,22,28-32,35,44,61H,4,14-19,21H2,1-3H3,(H2,42,52)(H2,43,55)(H,45,51)(H,46,59)(H,47,57)(H,48,60)(H,49,58)(H,50,56)(H,53,54)/t22-,28-,29-,30-,31-,32-,35-/m0/s1. The summed E-state index contributed by atoms with van der Waals surface area (Å²) in [6.45, 7) is 4.69. The Hall–Kier alpha value is -6.44. The number of nitrogens with one attached hydrogen (secondary N) is 7. The van der Waals surface area contributed by atoms with Crippen LogP contribution in [0.15, 0.2) is 60.8 Å². The largest absolute Gasteiger partial charge is 0.481 e. The summed E-state index contributed by atoms with van der Waals surface area (Å²) < 4.78 is 0. The van der Waals surface area contributed by atoms with Gasteiger partial charge < -0.3 is 53.5 Å². The minimum Gasteiger partial charge on any atom is -0.481 e. The summed E-state index contributed by atoms with van der Waals surface area (Å²) in [4.78, 5) is 119. The molecule has 20 heteroatoms. The van der Waals surface area contributed by atoms with Crippen molar-refractivity contribution in [2.24, 2.45) is 17.4 Å². The SMILES string of the molecule is CC[C@H](C)[C@H](NC(=O)[C@H](CCC(N)=O)NC(=O)[C@H](Cc1ccccc1)NC(C)=O)C(=O)N[C@@H](Cc1c[nH]c2ccccc12)C(=O)N[C@@H](CS)C(=O)N[C@@H](CCC(=O)O)C(N)=O. The van der Waals surface area contributed by atoms with Crippen molar-refractivity contribution in [1.29, 1.82) is 0 Å². The first kappa shape index (κ1) is 48.9. The number of thiol groups is 1. The average molecular weight is 866 g/mol. The summed E-state index contributed by atoms with van der Waals surface area (Å²) >= 11 is 4.19. The highest BCUT2D eigenvalue weighted by molar-refractivity contribution is 7.80. The zero-order valence-electron chi connectivity index (χ0n) is 34.2. The van der Waals surface area contributed by atoms with Gasteiger partial charge in [0.25, 0.3) is 0 Å². The van der Waals surface area contributed by atoms with Crippen molar-refractivity contribution in [1.82, 2.24) is 36.9 Å². The molecule has 0 unspecified atom stereocenters. The molecule has 3 rings (SSSR count). The molecule has 8 amide bonds. The molecule has 0 bridgehead atoms. The zero-order valence-corrected chi connectivity index (χ0v) is 35.1. The van der Waals surface area contributed by atoms with Gasteiger partial charge in [-0.1, -0.05) is 68.8 Å². The maximum absolute atomic E-state index is 14.2. The van der Waals surface area contributed by atoms with Crippen LogP contribution in [0.2, 0.25) is 0 Å². The number of rotatable bonds is 25. The van der Waals surface area contributed by atoms with Crippen LogP contribution in [0.3, 0.4) is 0 Å². The number of carboxylic acids is 1. The molecule has 330 valence electrons. The van der Waals surface area contributed by atoms with E-state index in [1.807, 2.05) is 18.2 Å². The first-order chi connectivity index (χ1) is 28.9. The van der Waals surface area contributed by atoms with Crippen LogP contribution in [-0.2, 0) is 56.0 Å². The van der Waals surface area contributed by atoms with E-state index in [1.54, 1.807) is 56.4 Å². The molecule has 0 fully saturated rings. The number of benzene rings is 2. The van der Waals surface area contributed by atoms with Gasteiger partial charge in [0.05, 0.1) is 0 Å². The molecule has 19 nitrogen and oxygen atoms in total. The van der Waals surface area contributed by atoms with Gasteiger partial charge in [-0.3, -0.25) is 43.2 Å². The van der Waals surface area contributed by atoms with Crippen molar-refractivity contribution in [3.05, 3.63) is 71.9 Å². The molecule has 2 aromatic carbocycles. The molecule has 1 aromatic heterocycles. The lowest BCUT2D eigenvalue weighted by Gasteiger charge is -2.29. The first-order valence-corrected chi connectivity index (χ1v) is 20.3. The van der Waals surface area contributed by atoms with Gasteiger partial charge in [-0.25, -0.2) is 0 Å². The van der Waals surface area contributed by atoms with E-state index in [0.717, 1.165) is 16.5 Å². The number of carbonyl (C=O) groups excluding carboxylic acids is 8. The number of aromatic nitrogens is 1. The Morgan fingerprint density at radius 3 is 1.80 bits per heavy atom. The first-order valence-electron chi connectivity index (χ1n) is 19.7. The molecule has 0 saturated carbocycles. The van der Waals surface area contributed by atoms with E-state index in [0.29, 0.717) is 12.0 Å². The molecule has 7 atom stereocenters. The lowest BCUT2D eigenvalue weighted by atomic mass is 9.96. The van der Waals surface area contributed by atoms with E-state index in [2.05, 4.69) is 49.5 Å². The highest BCUT2D eigenvalue weighted by Gasteiger charge is 2.35. The quantitative estimate of drug-likeness (QED) is 0.0484. The minimum atomic E-state index is -1.38. The lowest BCUT2D eigenvalue weighted by molar-refractivity contribution is -0.138. The second-order valence-corrected chi connectivity index (χ2v) is 15.0. The number of H-pyrrole nitrogens is 1. The summed E-state index contributed by atoms with van der Waals surface area (Å²) in [5.41, 5.74) is 12.9. The Morgan fingerprint density at radius 2 is 1.21 bits per heavy atom. The molecular formula is C41H55N9O10S. The van der Waals surface area contributed by atoms with Crippen molar-refractivity contribution in [2.75, 3.05) is 5.75 Å². The Bertz CT molecular complexity index is 2050. The predicted molar refractivity (Wildman–Crippen MR) is 227 cm³/mol. The monoisotopic (exact) mass is 865 g/mol. The second kappa shape index (κ2) is 24.0. The third-order valence-electron chi connectivity index (χ3n) is 9.94. The molecule has 61 heavy (non-hydrogen) atoms. The molecule has 12 N–H and O–H groups in total. The summed E-state index contributed by atoms with van der Waals surface area (Å²) in [6, 6.07) is 8.18. The minimum absolute atomic E-state index is 0.0837. The van der Waals surface area contributed by atoms with Crippen LogP contribution in [0.25, 0.3) is 10.9 Å². The van der Waals surface area contributed by atoms with Crippen molar-refractivity contribution in [2.45, 2.75) is 102 Å². The number of fused-ring (bicyclic) bond motifs is 1.